The van der Waals surface area contributed by atoms with Gasteiger partial charge in [-0.15, -0.1) is 0 Å². The summed E-state index contributed by atoms with van der Waals surface area (Å²) in [5, 5.41) is 0. The molecule has 0 amide bonds. The highest BCUT2D eigenvalue weighted by Gasteiger charge is 2.51. The molecule has 0 saturated carbocycles. The first kappa shape index (κ1) is 37.9. The van der Waals surface area contributed by atoms with E-state index in [9.17, 15) is 0 Å². The van der Waals surface area contributed by atoms with E-state index in [4.69, 9.17) is 0 Å². The number of rotatable bonds is 24. The van der Waals surface area contributed by atoms with E-state index in [0.29, 0.717) is 0 Å². The zero-order chi connectivity index (χ0) is 29.4. The second-order valence-electron chi connectivity index (χ2n) is 16.0. The smallest absolute Gasteiger partial charge is 0.216 e. The summed E-state index contributed by atoms with van der Waals surface area (Å²) < 4.78 is 2.69. The topological polar surface area (TPSA) is 0 Å². The van der Waals surface area contributed by atoms with Gasteiger partial charge in [0.15, 0.2) is 0 Å². The van der Waals surface area contributed by atoms with Crippen molar-refractivity contribution in [2.24, 2.45) is 35.5 Å². The average Bonchev–Trinajstić information content (AvgIpc) is 2.71. The van der Waals surface area contributed by atoms with Crippen LogP contribution in [0.4, 0.5) is 0 Å². The van der Waals surface area contributed by atoms with Crippen LogP contribution in [-0.4, -0.2) is 54.4 Å². The summed E-state index contributed by atoms with van der Waals surface area (Å²) in [6.07, 6.45) is 15.0. The van der Waals surface area contributed by atoms with Gasteiger partial charge in [0.1, 0.15) is 0 Å². The van der Waals surface area contributed by atoms with E-state index < -0.39 is 0 Å². The van der Waals surface area contributed by atoms with Crippen LogP contribution in [0.15, 0.2) is 0 Å². The van der Waals surface area contributed by atoms with E-state index in [2.05, 4.69) is 90.0 Å². The van der Waals surface area contributed by atoms with E-state index in [-0.39, 0.29) is 0 Å². The molecule has 230 valence electrons. The van der Waals surface area contributed by atoms with Crippen LogP contribution in [0.1, 0.15) is 154 Å². The number of nitrogens with zero attached hydrogens (tertiary/aromatic N) is 2. The number of hydrogen-bond donors (Lipinski definition) is 0. The molecule has 2 nitrogen and oxygen atoms in total. The van der Waals surface area contributed by atoms with E-state index >= 15 is 0 Å². The molecule has 0 aromatic heterocycles. The van der Waals surface area contributed by atoms with Crippen molar-refractivity contribution in [2.75, 3.05) is 39.3 Å². The Morgan fingerprint density at radius 3 is 0.816 bits per heavy atom. The first-order valence-corrected chi connectivity index (χ1v) is 17.4. The van der Waals surface area contributed by atoms with Gasteiger partial charge in [0, 0.05) is 35.5 Å². The molecule has 0 saturated heterocycles. The molecule has 0 aromatic carbocycles. The molecule has 0 aliphatic rings. The van der Waals surface area contributed by atoms with Crippen LogP contribution in [-0.2, 0) is 0 Å². The van der Waals surface area contributed by atoms with Crippen molar-refractivity contribution in [1.29, 1.82) is 0 Å². The monoisotopic (exact) mass is 539 g/mol. The van der Waals surface area contributed by atoms with Gasteiger partial charge >= 0.3 is 0 Å². The lowest BCUT2D eigenvalue weighted by molar-refractivity contribution is -1.14. The van der Waals surface area contributed by atoms with Crippen LogP contribution < -0.4 is 0 Å². The Hall–Kier alpha value is -0.0800. The van der Waals surface area contributed by atoms with Crippen LogP contribution in [0.25, 0.3) is 0 Å². The average molecular weight is 539 g/mol. The molecule has 0 atom stereocenters. The van der Waals surface area contributed by atoms with E-state index in [1.54, 1.807) is 0 Å². The van der Waals surface area contributed by atoms with Gasteiger partial charge in [-0.2, -0.15) is 0 Å². The standard InChI is InChI=1S/C36H78N2/c1-14-15-16-17-18-19-20-21-22-23-36(37(24-30(2)3,25-31(4)5)26-32(6)7)38(27-33(8)9,28-34(10)11)29-35(12)13/h30-36H,14-29H2,1-13H3/q+2. The summed E-state index contributed by atoms with van der Waals surface area (Å²) in [5.74, 6) is 4.40. The maximum Gasteiger partial charge on any atom is 0.216 e. The minimum absolute atomic E-state index is 0.721. The highest BCUT2D eigenvalue weighted by Crippen LogP contribution is 2.36. The lowest BCUT2D eigenvalue weighted by Gasteiger charge is -2.57. The summed E-state index contributed by atoms with van der Waals surface area (Å²) >= 11 is 0. The fraction of sp³-hybridized carbons (Fsp3) is 1.00. The van der Waals surface area contributed by atoms with Crippen LogP contribution >= 0.6 is 0 Å². The van der Waals surface area contributed by atoms with Gasteiger partial charge in [0.25, 0.3) is 0 Å². The van der Waals surface area contributed by atoms with Gasteiger partial charge in [-0.3, -0.25) is 8.97 Å². The number of quaternary nitrogens is 2. The molecular weight excluding hydrogens is 460 g/mol. The quantitative estimate of drug-likeness (QED) is 0.0651. The maximum absolute atomic E-state index is 2.49. The first-order chi connectivity index (χ1) is 17.7. The SMILES string of the molecule is CCCCCCCCCCCC([N+](CC(C)C)(CC(C)C)CC(C)C)[N+](CC(C)C)(CC(C)C)CC(C)C. The molecular formula is C36H78N2+2. The lowest BCUT2D eigenvalue weighted by Crippen LogP contribution is -2.74. The molecule has 0 fully saturated rings. The Labute approximate surface area is 243 Å². The summed E-state index contributed by atoms with van der Waals surface area (Å²) in [6.45, 7) is 40.3. The molecule has 0 N–H and O–H groups in total. The molecule has 0 aliphatic heterocycles. The maximum atomic E-state index is 2.49. The fourth-order valence-corrected chi connectivity index (χ4v) is 8.25. The van der Waals surface area contributed by atoms with Gasteiger partial charge in [-0.05, 0) is 6.42 Å². The van der Waals surface area contributed by atoms with Crippen LogP contribution in [0, 0.1) is 35.5 Å². The molecule has 2 heteroatoms. The van der Waals surface area contributed by atoms with Gasteiger partial charge in [-0.25, -0.2) is 0 Å². The molecule has 0 aromatic rings. The second-order valence-corrected chi connectivity index (χ2v) is 16.0. The number of hydrogen-bond acceptors (Lipinski definition) is 0. The Morgan fingerprint density at radius 2 is 0.579 bits per heavy atom. The van der Waals surface area contributed by atoms with Crippen LogP contribution in [0.2, 0.25) is 0 Å². The normalized spacial score (nSPS) is 13.6. The minimum atomic E-state index is 0.721. The van der Waals surface area contributed by atoms with E-state index in [0.717, 1.165) is 41.7 Å². The van der Waals surface area contributed by atoms with Crippen molar-refractivity contribution in [3.8, 4) is 0 Å². The molecule has 0 rings (SSSR count). The third kappa shape index (κ3) is 15.6. The highest BCUT2D eigenvalue weighted by atomic mass is 15.6. The summed E-state index contributed by atoms with van der Waals surface area (Å²) in [5.41, 5.74) is 0. The predicted molar refractivity (Wildman–Crippen MR) is 174 cm³/mol. The minimum Gasteiger partial charge on any atom is -0.274 e. The van der Waals surface area contributed by atoms with Crippen LogP contribution in [0.3, 0.4) is 0 Å². The molecule has 0 bridgehead atoms. The van der Waals surface area contributed by atoms with Crippen molar-refractivity contribution >= 4 is 0 Å². The largest absolute Gasteiger partial charge is 0.274 e. The van der Waals surface area contributed by atoms with Crippen molar-refractivity contribution in [3.05, 3.63) is 0 Å². The molecule has 0 aliphatic carbocycles. The van der Waals surface area contributed by atoms with Gasteiger partial charge in [0.2, 0.25) is 6.17 Å². The lowest BCUT2D eigenvalue weighted by atomic mass is 9.94. The fourth-order valence-electron chi connectivity index (χ4n) is 8.25. The second kappa shape index (κ2) is 19.9. The number of unbranched alkanes of at least 4 members (excludes halogenated alkanes) is 8. The molecule has 38 heavy (non-hydrogen) atoms. The Balaban J connectivity index is 6.41. The van der Waals surface area contributed by atoms with Crippen molar-refractivity contribution in [3.63, 3.8) is 0 Å². The zero-order valence-electron chi connectivity index (χ0n) is 29.2. The molecule has 0 spiro atoms. The van der Waals surface area contributed by atoms with Gasteiger partial charge in [-0.1, -0.05) is 141 Å². The van der Waals surface area contributed by atoms with Crippen molar-refractivity contribution in [2.45, 2.75) is 160 Å². The Bertz CT molecular complexity index is 454. The third-order valence-corrected chi connectivity index (χ3v) is 8.20. The highest BCUT2D eigenvalue weighted by molar-refractivity contribution is 4.66. The molecule has 0 unspecified atom stereocenters. The van der Waals surface area contributed by atoms with Crippen molar-refractivity contribution in [1.82, 2.24) is 0 Å². The Morgan fingerprint density at radius 1 is 0.342 bits per heavy atom. The van der Waals surface area contributed by atoms with Gasteiger partial charge in [0.05, 0.1) is 45.7 Å². The van der Waals surface area contributed by atoms with Crippen LogP contribution in [0.5, 0.6) is 0 Å². The van der Waals surface area contributed by atoms with Crippen molar-refractivity contribution < 1.29 is 8.97 Å². The summed E-state index contributed by atoms with van der Waals surface area (Å²) in [4.78, 5) is 0. The van der Waals surface area contributed by atoms with Gasteiger partial charge < -0.3 is 0 Å². The summed E-state index contributed by atoms with van der Waals surface area (Å²) in [7, 11) is 0. The van der Waals surface area contributed by atoms with E-state index in [1.807, 2.05) is 0 Å². The third-order valence-electron chi connectivity index (χ3n) is 8.20. The Kier molecular flexibility index (Phi) is 19.9. The zero-order valence-corrected chi connectivity index (χ0v) is 29.2. The van der Waals surface area contributed by atoms with E-state index in [1.165, 1.54) is 112 Å². The summed E-state index contributed by atoms with van der Waals surface area (Å²) in [6, 6.07) is 0. The molecule has 0 radical (unpaired) electrons. The first-order valence-electron chi connectivity index (χ1n) is 17.4. The predicted octanol–water partition coefficient (Wildman–Crippen LogP) is 10.8. The molecule has 0 heterocycles.